The zero-order valence-electron chi connectivity index (χ0n) is 5.18. The Morgan fingerprint density at radius 3 is 1.57 bits per heavy atom. The van der Waals surface area contributed by atoms with Crippen LogP contribution in [0.1, 0.15) is 6.92 Å². The minimum absolute atomic E-state index is 1.14. The molecule has 0 spiro atoms. The number of nitrogens with zero attached hydrogens (tertiary/aromatic N) is 1. The summed E-state index contributed by atoms with van der Waals surface area (Å²) in [5, 5.41) is 4.19. The van der Waals surface area contributed by atoms with E-state index >= 15 is 0 Å². The van der Waals surface area contributed by atoms with Gasteiger partial charge in [0.1, 0.15) is 0 Å². The molecule has 3 heteroatoms. The minimum Gasteiger partial charge on any atom is -0.310 e. The first-order chi connectivity index (χ1) is 3.27. The van der Waals surface area contributed by atoms with E-state index in [1.165, 1.54) is 0 Å². The van der Waals surface area contributed by atoms with E-state index in [0.29, 0.717) is 0 Å². The normalized spacial score (nSPS) is 7.71. The summed E-state index contributed by atoms with van der Waals surface area (Å²) < 4.78 is 0. The second kappa shape index (κ2) is 9.55. The fraction of sp³-hybridized carbons (Fsp3) is 1.00. The first-order valence-corrected chi connectivity index (χ1v) is 2.69. The Morgan fingerprint density at radius 1 is 1.43 bits per heavy atom. The van der Waals surface area contributed by atoms with Gasteiger partial charge in [-0.3, -0.25) is 5.14 Å². The van der Waals surface area contributed by atoms with E-state index in [1.807, 2.05) is 0 Å². The van der Waals surface area contributed by atoms with Crippen LogP contribution in [0.5, 0.6) is 0 Å². The second-order valence-corrected chi connectivity index (χ2v) is 1.40. The molecule has 0 unspecified atom stereocenters. The van der Waals surface area contributed by atoms with Crippen LogP contribution in [0.15, 0.2) is 0 Å². The van der Waals surface area contributed by atoms with Crippen molar-refractivity contribution in [2.24, 2.45) is 5.14 Å². The van der Waals surface area contributed by atoms with Gasteiger partial charge in [-0.2, -0.15) is 0 Å². The van der Waals surface area contributed by atoms with Crippen molar-refractivity contribution in [2.75, 3.05) is 20.6 Å². The van der Waals surface area contributed by atoms with Crippen molar-refractivity contribution in [1.29, 1.82) is 0 Å². The molecule has 0 bridgehead atoms. The molecule has 0 rings (SSSR count). The third-order valence-corrected chi connectivity index (χ3v) is 0.632. The Hall–Kier alpha value is 0.270. The molecule has 0 atom stereocenters. The van der Waals surface area contributed by atoms with Gasteiger partial charge in [-0.05, 0) is 20.6 Å². The minimum atomic E-state index is 1.14. The highest BCUT2D eigenvalue weighted by molar-refractivity contribution is 7.77. The molecule has 2 N–H and O–H groups in total. The molecule has 0 aromatic heterocycles. The summed E-state index contributed by atoms with van der Waals surface area (Å²) in [4.78, 5) is 2.12. The smallest absolute Gasteiger partial charge is 0.00533 e. The summed E-state index contributed by atoms with van der Waals surface area (Å²) in [6.07, 6.45) is 0. The summed E-state index contributed by atoms with van der Waals surface area (Å²) >= 11 is 3.03. The molecule has 0 amide bonds. The zero-order valence-corrected chi connectivity index (χ0v) is 6.07. The predicted octanol–water partition coefficient (Wildman–Crippen LogP) is 0.358. The highest BCUT2D eigenvalue weighted by atomic mass is 32.1. The van der Waals surface area contributed by atoms with Crippen molar-refractivity contribution in [2.45, 2.75) is 6.92 Å². The van der Waals surface area contributed by atoms with Gasteiger partial charge < -0.3 is 4.90 Å². The molecule has 0 fully saturated rings. The lowest BCUT2D eigenvalue weighted by Gasteiger charge is -2.00. The van der Waals surface area contributed by atoms with Gasteiger partial charge in [0.25, 0.3) is 0 Å². The summed E-state index contributed by atoms with van der Waals surface area (Å²) in [6, 6.07) is 0. The standard InChI is InChI=1S/C4H11N.H3NS/c1-4-5(2)3;1-2/h4H2,1-3H3;2H,1H2. The van der Waals surface area contributed by atoms with E-state index in [2.05, 4.69) is 43.9 Å². The van der Waals surface area contributed by atoms with E-state index in [0.717, 1.165) is 6.54 Å². The molecule has 0 aromatic rings. The molecule has 0 aliphatic carbocycles. The Morgan fingerprint density at radius 2 is 1.57 bits per heavy atom. The van der Waals surface area contributed by atoms with E-state index in [9.17, 15) is 0 Å². The van der Waals surface area contributed by atoms with Crippen LogP contribution in [-0.2, 0) is 0 Å². The van der Waals surface area contributed by atoms with Gasteiger partial charge >= 0.3 is 0 Å². The first kappa shape index (κ1) is 10.3. The van der Waals surface area contributed by atoms with Crippen molar-refractivity contribution in [3.63, 3.8) is 0 Å². The van der Waals surface area contributed by atoms with Gasteiger partial charge in [-0.25, -0.2) is 0 Å². The van der Waals surface area contributed by atoms with E-state index in [1.54, 1.807) is 0 Å². The van der Waals surface area contributed by atoms with Crippen molar-refractivity contribution in [3.8, 4) is 0 Å². The van der Waals surface area contributed by atoms with Gasteiger partial charge in [-0.1, -0.05) is 6.92 Å². The largest absolute Gasteiger partial charge is 0.310 e. The molecule has 0 radical (unpaired) electrons. The van der Waals surface area contributed by atoms with Crippen LogP contribution in [-0.4, -0.2) is 25.5 Å². The fourth-order valence-corrected chi connectivity index (χ4v) is 0. The van der Waals surface area contributed by atoms with Crippen LogP contribution in [0.3, 0.4) is 0 Å². The fourth-order valence-electron chi connectivity index (χ4n) is 0. The number of hydrogen-bond acceptors (Lipinski definition) is 3. The van der Waals surface area contributed by atoms with Crippen LogP contribution >= 0.6 is 12.8 Å². The Balaban J connectivity index is 0. The number of thiol groups is 1. The van der Waals surface area contributed by atoms with Gasteiger partial charge in [0.15, 0.2) is 0 Å². The van der Waals surface area contributed by atoms with Crippen LogP contribution < -0.4 is 5.14 Å². The molecule has 7 heavy (non-hydrogen) atoms. The van der Waals surface area contributed by atoms with Crippen LogP contribution in [0.2, 0.25) is 0 Å². The van der Waals surface area contributed by atoms with Crippen molar-refractivity contribution in [3.05, 3.63) is 0 Å². The molecule has 0 aliphatic rings. The zero-order chi connectivity index (χ0) is 6.28. The summed E-state index contributed by atoms with van der Waals surface area (Å²) in [7, 11) is 4.11. The number of nitrogens with two attached hydrogens (primary N) is 1. The average molecular weight is 122 g/mol. The molecular weight excluding hydrogens is 108 g/mol. The van der Waals surface area contributed by atoms with E-state index < -0.39 is 0 Å². The van der Waals surface area contributed by atoms with Gasteiger partial charge in [0.05, 0.1) is 0 Å². The highest BCUT2D eigenvalue weighted by Crippen LogP contribution is 1.63. The van der Waals surface area contributed by atoms with E-state index in [-0.39, 0.29) is 0 Å². The molecule has 0 aromatic carbocycles. The second-order valence-electron chi connectivity index (χ2n) is 1.40. The maximum atomic E-state index is 4.19. The van der Waals surface area contributed by atoms with Crippen molar-refractivity contribution >= 4 is 12.8 Å². The SMILES string of the molecule is CCN(C)C.NS. The number of hydrogen-bond donors (Lipinski definition) is 2. The quantitative estimate of drug-likeness (QED) is 0.492. The molecule has 0 saturated carbocycles. The van der Waals surface area contributed by atoms with Gasteiger partial charge in [0.2, 0.25) is 0 Å². The number of rotatable bonds is 1. The molecule has 0 aliphatic heterocycles. The van der Waals surface area contributed by atoms with Gasteiger partial charge in [-0.15, -0.1) is 12.8 Å². The monoisotopic (exact) mass is 122 g/mol. The average Bonchev–Trinajstić information content (AvgIpc) is 1.73. The topological polar surface area (TPSA) is 29.3 Å². The summed E-state index contributed by atoms with van der Waals surface area (Å²) in [5.74, 6) is 0. The Labute approximate surface area is 51.2 Å². The Bertz CT molecular complexity index is 23.7. The first-order valence-electron chi connectivity index (χ1n) is 2.18. The lowest BCUT2D eigenvalue weighted by atomic mass is 10.7. The predicted molar refractivity (Wildman–Crippen MR) is 37.4 cm³/mol. The molecular formula is C4H14N2S. The lowest BCUT2D eigenvalue weighted by molar-refractivity contribution is 0.434. The lowest BCUT2D eigenvalue weighted by Crippen LogP contribution is -2.08. The molecule has 2 nitrogen and oxygen atoms in total. The summed E-state index contributed by atoms with van der Waals surface area (Å²) in [5.41, 5.74) is 0. The molecule has 0 saturated heterocycles. The van der Waals surface area contributed by atoms with Crippen molar-refractivity contribution in [1.82, 2.24) is 4.90 Å². The third kappa shape index (κ3) is 22.2. The van der Waals surface area contributed by atoms with Crippen molar-refractivity contribution < 1.29 is 0 Å². The Kier molecular flexibility index (Phi) is 14.0. The maximum Gasteiger partial charge on any atom is -0.00533 e. The maximum absolute atomic E-state index is 4.19. The van der Waals surface area contributed by atoms with E-state index in [4.69, 9.17) is 0 Å². The summed E-state index contributed by atoms with van der Waals surface area (Å²) in [6.45, 7) is 3.26. The van der Waals surface area contributed by atoms with Crippen LogP contribution in [0.25, 0.3) is 0 Å². The highest BCUT2D eigenvalue weighted by Gasteiger charge is 1.72. The van der Waals surface area contributed by atoms with Crippen LogP contribution in [0.4, 0.5) is 0 Å². The van der Waals surface area contributed by atoms with Gasteiger partial charge in [0, 0.05) is 0 Å². The van der Waals surface area contributed by atoms with Crippen LogP contribution in [0, 0.1) is 0 Å². The molecule has 0 heterocycles. The molecule has 46 valence electrons. The third-order valence-electron chi connectivity index (χ3n) is 0.632.